The topological polar surface area (TPSA) is 105 Å². The monoisotopic (exact) mass is 394 g/mol. The van der Waals surface area contributed by atoms with E-state index >= 15 is 0 Å². The molecule has 0 radical (unpaired) electrons. The zero-order valence-corrected chi connectivity index (χ0v) is 16.3. The van der Waals surface area contributed by atoms with Gasteiger partial charge in [-0.15, -0.1) is 0 Å². The van der Waals surface area contributed by atoms with Gasteiger partial charge in [-0.05, 0) is 12.5 Å². The van der Waals surface area contributed by atoms with E-state index in [1.165, 1.54) is 0 Å². The Morgan fingerprint density at radius 3 is 2.83 bits per heavy atom. The maximum atomic E-state index is 12.0. The van der Waals surface area contributed by atoms with Crippen molar-refractivity contribution >= 4 is 35.0 Å². The van der Waals surface area contributed by atoms with Crippen LogP contribution in [0.1, 0.15) is 21.7 Å². The number of hydrogen-bond acceptors (Lipinski definition) is 8. The number of carbonyl (C=O) groups excluding carboxylic acids is 1. The minimum Gasteiger partial charge on any atom is -0.445 e. The van der Waals surface area contributed by atoms with Crippen molar-refractivity contribution in [2.45, 2.75) is 6.92 Å². The van der Waals surface area contributed by atoms with Crippen LogP contribution in [0.5, 0.6) is 0 Å². The van der Waals surface area contributed by atoms with Gasteiger partial charge >= 0.3 is 0 Å². The highest BCUT2D eigenvalue weighted by molar-refractivity contribution is 5.97. The Hall–Kier alpha value is -3.46. The molecular formula is C20H22N6O3. The molecule has 0 atom stereocenters. The van der Waals surface area contributed by atoms with Crippen LogP contribution in [-0.2, 0) is 4.74 Å². The first-order valence-electron chi connectivity index (χ1n) is 9.36. The SMILES string of the molecule is CNC(=O)c1cc2nc(N/N=C/c3cccc(C)c3)nc(N3CCOCC3)c2o1. The van der Waals surface area contributed by atoms with Gasteiger partial charge in [-0.1, -0.05) is 29.8 Å². The van der Waals surface area contributed by atoms with Crippen LogP contribution in [0.4, 0.5) is 11.8 Å². The molecule has 29 heavy (non-hydrogen) atoms. The second-order valence-corrected chi connectivity index (χ2v) is 6.66. The molecule has 1 aliphatic rings. The lowest BCUT2D eigenvalue weighted by Gasteiger charge is -2.27. The van der Waals surface area contributed by atoms with Gasteiger partial charge in [0.15, 0.2) is 17.2 Å². The fraction of sp³-hybridized carbons (Fsp3) is 0.300. The highest BCUT2D eigenvalue weighted by atomic mass is 16.5. The van der Waals surface area contributed by atoms with Crippen LogP contribution in [0.25, 0.3) is 11.1 Å². The van der Waals surface area contributed by atoms with E-state index in [1.54, 1.807) is 19.3 Å². The lowest BCUT2D eigenvalue weighted by Crippen LogP contribution is -2.37. The summed E-state index contributed by atoms with van der Waals surface area (Å²) in [6.07, 6.45) is 1.71. The molecular weight excluding hydrogens is 372 g/mol. The van der Waals surface area contributed by atoms with Crippen LogP contribution in [-0.4, -0.2) is 55.4 Å². The summed E-state index contributed by atoms with van der Waals surface area (Å²) >= 11 is 0. The Bertz CT molecular complexity index is 1060. The molecule has 3 heterocycles. The number of furan rings is 1. The summed E-state index contributed by atoms with van der Waals surface area (Å²) < 4.78 is 11.2. The highest BCUT2D eigenvalue weighted by Crippen LogP contribution is 2.29. The average Bonchev–Trinajstić information content (AvgIpc) is 3.17. The van der Waals surface area contributed by atoms with Crippen molar-refractivity contribution in [1.82, 2.24) is 15.3 Å². The van der Waals surface area contributed by atoms with E-state index in [1.807, 2.05) is 31.2 Å². The average molecular weight is 394 g/mol. The van der Waals surface area contributed by atoms with Crippen molar-refractivity contribution in [2.75, 3.05) is 43.7 Å². The van der Waals surface area contributed by atoms with E-state index < -0.39 is 0 Å². The predicted octanol–water partition coefficient (Wildman–Crippen LogP) is 2.17. The van der Waals surface area contributed by atoms with Crippen molar-refractivity contribution in [3.05, 3.63) is 47.2 Å². The van der Waals surface area contributed by atoms with Crippen LogP contribution in [0.15, 0.2) is 39.9 Å². The third kappa shape index (κ3) is 4.19. The van der Waals surface area contributed by atoms with Crippen LogP contribution in [0, 0.1) is 6.92 Å². The minimum absolute atomic E-state index is 0.187. The van der Waals surface area contributed by atoms with Crippen molar-refractivity contribution in [3.8, 4) is 0 Å². The number of fused-ring (bicyclic) bond motifs is 1. The van der Waals surface area contributed by atoms with Crippen molar-refractivity contribution in [1.29, 1.82) is 0 Å². The lowest BCUT2D eigenvalue weighted by atomic mass is 10.2. The molecule has 3 aromatic rings. The molecule has 1 saturated heterocycles. The fourth-order valence-corrected chi connectivity index (χ4v) is 3.10. The fourth-order valence-electron chi connectivity index (χ4n) is 3.10. The zero-order valence-electron chi connectivity index (χ0n) is 16.3. The molecule has 9 heteroatoms. The summed E-state index contributed by atoms with van der Waals surface area (Å²) in [6, 6.07) is 9.60. The molecule has 0 saturated carbocycles. The largest absolute Gasteiger partial charge is 0.445 e. The van der Waals surface area contributed by atoms with Gasteiger partial charge in [-0.3, -0.25) is 4.79 Å². The summed E-state index contributed by atoms with van der Waals surface area (Å²) in [5.74, 6) is 0.809. The van der Waals surface area contributed by atoms with Gasteiger partial charge < -0.3 is 19.4 Å². The smallest absolute Gasteiger partial charge is 0.286 e. The third-order valence-electron chi connectivity index (χ3n) is 4.54. The zero-order chi connectivity index (χ0) is 20.2. The van der Waals surface area contributed by atoms with Crippen LogP contribution in [0.2, 0.25) is 0 Å². The summed E-state index contributed by atoms with van der Waals surface area (Å²) in [4.78, 5) is 23.1. The first-order valence-corrected chi connectivity index (χ1v) is 9.36. The summed E-state index contributed by atoms with van der Waals surface area (Å²) in [6.45, 7) is 4.58. The molecule has 0 aliphatic carbocycles. The summed E-state index contributed by atoms with van der Waals surface area (Å²) in [5, 5.41) is 6.81. The second-order valence-electron chi connectivity index (χ2n) is 6.66. The summed E-state index contributed by atoms with van der Waals surface area (Å²) in [5.41, 5.74) is 6.01. The van der Waals surface area contributed by atoms with Gasteiger partial charge in [0.2, 0.25) is 5.95 Å². The number of nitrogens with zero attached hydrogens (tertiary/aromatic N) is 4. The van der Waals surface area contributed by atoms with Gasteiger partial charge in [0.25, 0.3) is 5.91 Å². The van der Waals surface area contributed by atoms with Crippen molar-refractivity contribution in [3.63, 3.8) is 0 Å². The Kier molecular flexibility index (Phi) is 5.39. The van der Waals surface area contributed by atoms with E-state index in [4.69, 9.17) is 9.15 Å². The molecule has 1 aromatic carbocycles. The molecule has 1 amide bonds. The lowest BCUT2D eigenvalue weighted by molar-refractivity contribution is 0.0937. The van der Waals surface area contributed by atoms with Crippen molar-refractivity contribution < 1.29 is 13.9 Å². The number of hydrazone groups is 1. The molecule has 0 bridgehead atoms. The number of rotatable bonds is 5. The molecule has 0 spiro atoms. The number of carbonyl (C=O) groups is 1. The van der Waals surface area contributed by atoms with Gasteiger partial charge in [0.1, 0.15) is 5.52 Å². The van der Waals surface area contributed by atoms with Gasteiger partial charge in [-0.25, -0.2) is 10.4 Å². The number of aryl methyl sites for hydroxylation is 1. The predicted molar refractivity (Wildman–Crippen MR) is 111 cm³/mol. The maximum Gasteiger partial charge on any atom is 0.286 e. The molecule has 1 fully saturated rings. The quantitative estimate of drug-likeness (QED) is 0.505. The number of hydrogen-bond donors (Lipinski definition) is 2. The second kappa shape index (κ2) is 8.27. The minimum atomic E-state index is -0.317. The van der Waals surface area contributed by atoms with E-state index in [0.717, 1.165) is 11.1 Å². The van der Waals surface area contributed by atoms with E-state index in [-0.39, 0.29) is 11.7 Å². The Morgan fingerprint density at radius 1 is 1.24 bits per heavy atom. The number of ether oxygens (including phenoxy) is 1. The number of nitrogens with one attached hydrogen (secondary N) is 2. The van der Waals surface area contributed by atoms with Crippen LogP contribution >= 0.6 is 0 Å². The number of morpholine rings is 1. The van der Waals surface area contributed by atoms with Crippen molar-refractivity contribution in [2.24, 2.45) is 5.10 Å². The van der Waals surface area contributed by atoms with Gasteiger partial charge in [-0.2, -0.15) is 10.1 Å². The molecule has 2 aromatic heterocycles. The number of amides is 1. The Balaban J connectivity index is 1.67. The van der Waals surface area contributed by atoms with E-state index in [0.29, 0.717) is 49.2 Å². The first-order chi connectivity index (χ1) is 14.1. The van der Waals surface area contributed by atoms with Gasteiger partial charge in [0, 0.05) is 26.2 Å². The molecule has 9 nitrogen and oxygen atoms in total. The normalized spacial score (nSPS) is 14.5. The Morgan fingerprint density at radius 2 is 2.07 bits per heavy atom. The summed E-state index contributed by atoms with van der Waals surface area (Å²) in [7, 11) is 1.55. The number of aromatic nitrogens is 2. The van der Waals surface area contributed by atoms with E-state index in [9.17, 15) is 4.79 Å². The third-order valence-corrected chi connectivity index (χ3v) is 4.54. The highest BCUT2D eigenvalue weighted by Gasteiger charge is 2.22. The standard InChI is InChI=1S/C20H22N6O3/c1-13-4-3-5-14(10-13)12-22-25-20-23-15-11-16(19(27)21-2)29-17(15)18(24-20)26-6-8-28-9-7-26/h3-5,10-12H,6-9H2,1-2H3,(H,21,27)(H,23,24,25)/b22-12+. The maximum absolute atomic E-state index is 12.0. The molecule has 4 rings (SSSR count). The first kappa shape index (κ1) is 18.9. The van der Waals surface area contributed by atoms with E-state index in [2.05, 4.69) is 30.7 Å². The number of benzene rings is 1. The molecule has 1 aliphatic heterocycles. The van der Waals surface area contributed by atoms with Crippen LogP contribution < -0.4 is 15.6 Å². The molecule has 2 N–H and O–H groups in total. The number of anilines is 2. The van der Waals surface area contributed by atoms with Crippen LogP contribution in [0.3, 0.4) is 0 Å². The molecule has 0 unspecified atom stereocenters. The molecule has 150 valence electrons. The Labute approximate surface area is 167 Å². The van der Waals surface area contributed by atoms with Gasteiger partial charge in [0.05, 0.1) is 19.4 Å².